The van der Waals surface area contributed by atoms with E-state index in [-0.39, 0.29) is 24.2 Å². The number of thiazole rings is 1. The molecular formula is C25H42N4O4S. The summed E-state index contributed by atoms with van der Waals surface area (Å²) in [6.45, 7) is 4.36. The van der Waals surface area contributed by atoms with Crippen LogP contribution in [-0.4, -0.2) is 52.5 Å². The van der Waals surface area contributed by atoms with Gasteiger partial charge in [-0.2, -0.15) is 0 Å². The van der Waals surface area contributed by atoms with Crippen LogP contribution in [0.5, 0.6) is 0 Å². The predicted octanol–water partition coefficient (Wildman–Crippen LogP) is 3.09. The predicted molar refractivity (Wildman–Crippen MR) is 134 cm³/mol. The second-order valence-corrected chi connectivity index (χ2v) is 10.4. The zero-order valence-corrected chi connectivity index (χ0v) is 21.5. The zero-order valence-electron chi connectivity index (χ0n) is 20.7. The van der Waals surface area contributed by atoms with E-state index in [9.17, 15) is 19.5 Å². The number of nitrogens with zero attached hydrogens (tertiary/aromatic N) is 1. The van der Waals surface area contributed by atoms with E-state index in [2.05, 4.69) is 20.9 Å². The molecule has 1 saturated heterocycles. The number of hydrogen-bond acceptors (Lipinski definition) is 6. The van der Waals surface area contributed by atoms with E-state index in [1.807, 2.05) is 19.2 Å². The van der Waals surface area contributed by atoms with Crippen LogP contribution in [0.4, 0.5) is 0 Å². The van der Waals surface area contributed by atoms with Crippen LogP contribution in [0.3, 0.4) is 0 Å². The van der Waals surface area contributed by atoms with Gasteiger partial charge in [0.1, 0.15) is 6.04 Å². The molecule has 3 amide bonds. The van der Waals surface area contributed by atoms with Gasteiger partial charge in [-0.1, -0.05) is 58.8 Å². The summed E-state index contributed by atoms with van der Waals surface area (Å²) in [5.41, 5.74) is 2.47. The van der Waals surface area contributed by atoms with E-state index in [1.165, 1.54) is 30.6 Å². The molecule has 3 atom stereocenters. The normalized spacial score (nSPS) is 25.6. The van der Waals surface area contributed by atoms with E-state index in [4.69, 9.17) is 0 Å². The van der Waals surface area contributed by atoms with E-state index in [1.54, 1.807) is 5.51 Å². The maximum atomic E-state index is 12.7. The average Bonchev–Trinajstić information content (AvgIpc) is 3.30. The quantitative estimate of drug-likeness (QED) is 0.515. The standard InChI is InChI=1S/C25H42N4O4S/c1-18(2)24-25(33)26-13-11-9-7-5-3-4-6-8-10-12-22(31)28-20(14-19-16-34-17-27-19)21(30)15-23(32)29-24/h16-18,20-21,24,30H,3-15H2,1-2H3,(H,26,33)(H,28,31)(H,29,32)/t20-,21-,24-/m0/s1. The minimum atomic E-state index is -1.09. The van der Waals surface area contributed by atoms with Crippen molar-refractivity contribution in [1.29, 1.82) is 0 Å². The van der Waals surface area contributed by atoms with Crippen molar-refractivity contribution in [2.45, 2.75) is 109 Å². The molecular weight excluding hydrogens is 452 g/mol. The molecule has 4 N–H and O–H groups in total. The Balaban J connectivity index is 2.05. The molecule has 1 aromatic heterocycles. The average molecular weight is 495 g/mol. The molecule has 1 aliphatic heterocycles. The number of carbonyl (C=O) groups excluding carboxylic acids is 3. The van der Waals surface area contributed by atoms with Gasteiger partial charge in [-0.05, 0) is 18.8 Å². The summed E-state index contributed by atoms with van der Waals surface area (Å²) >= 11 is 1.45. The summed E-state index contributed by atoms with van der Waals surface area (Å²) in [5, 5.41) is 21.3. The molecule has 1 aliphatic rings. The Hall–Kier alpha value is -2.00. The lowest BCUT2D eigenvalue weighted by Gasteiger charge is -2.26. The fourth-order valence-electron chi connectivity index (χ4n) is 4.19. The second-order valence-electron chi connectivity index (χ2n) is 9.64. The topological polar surface area (TPSA) is 120 Å². The van der Waals surface area contributed by atoms with Crippen LogP contribution in [-0.2, 0) is 20.8 Å². The van der Waals surface area contributed by atoms with Crippen LogP contribution in [0.1, 0.15) is 90.2 Å². The third kappa shape index (κ3) is 11.0. The highest BCUT2D eigenvalue weighted by molar-refractivity contribution is 7.07. The first kappa shape index (κ1) is 28.2. The number of aliphatic hydroxyl groups excluding tert-OH is 1. The van der Waals surface area contributed by atoms with Gasteiger partial charge >= 0.3 is 0 Å². The Kier molecular flexibility index (Phi) is 13.1. The summed E-state index contributed by atoms with van der Waals surface area (Å²) in [7, 11) is 0. The molecule has 0 radical (unpaired) electrons. The maximum absolute atomic E-state index is 12.7. The Morgan fingerprint density at radius 2 is 1.62 bits per heavy atom. The van der Waals surface area contributed by atoms with Gasteiger partial charge < -0.3 is 21.1 Å². The molecule has 34 heavy (non-hydrogen) atoms. The Labute approximate surface area is 207 Å². The van der Waals surface area contributed by atoms with Crippen LogP contribution in [0.25, 0.3) is 0 Å². The van der Waals surface area contributed by atoms with Gasteiger partial charge in [-0.15, -0.1) is 11.3 Å². The first-order valence-electron chi connectivity index (χ1n) is 12.8. The van der Waals surface area contributed by atoms with E-state index >= 15 is 0 Å². The van der Waals surface area contributed by atoms with Crippen LogP contribution >= 0.6 is 11.3 Å². The highest BCUT2D eigenvalue weighted by Crippen LogP contribution is 2.13. The molecule has 1 fully saturated rings. The molecule has 0 spiro atoms. The van der Waals surface area contributed by atoms with Crippen molar-refractivity contribution in [1.82, 2.24) is 20.9 Å². The fourth-order valence-corrected chi connectivity index (χ4v) is 4.77. The molecule has 2 rings (SSSR count). The summed E-state index contributed by atoms with van der Waals surface area (Å²) in [6, 6.07) is -1.29. The molecule has 192 valence electrons. The van der Waals surface area contributed by atoms with Crippen LogP contribution in [0.15, 0.2) is 10.9 Å². The SMILES string of the molecule is CC(C)[C@@H]1NC(=O)C[C@H](O)[C@H](Cc2cscn2)NC(=O)CCCCCCCCCCCNC1=O. The Bertz CT molecular complexity index is 741. The van der Waals surface area contributed by atoms with Gasteiger partial charge in [0, 0.05) is 24.8 Å². The first-order chi connectivity index (χ1) is 16.4. The molecule has 1 aromatic rings. The highest BCUT2D eigenvalue weighted by Gasteiger charge is 2.28. The second kappa shape index (κ2) is 15.8. The minimum absolute atomic E-state index is 0.0896. The molecule has 0 aromatic carbocycles. The first-order valence-corrected chi connectivity index (χ1v) is 13.7. The van der Waals surface area contributed by atoms with Crippen molar-refractivity contribution < 1.29 is 19.5 Å². The van der Waals surface area contributed by atoms with Crippen molar-refractivity contribution in [3.63, 3.8) is 0 Å². The van der Waals surface area contributed by atoms with Crippen LogP contribution < -0.4 is 16.0 Å². The maximum Gasteiger partial charge on any atom is 0.242 e. The minimum Gasteiger partial charge on any atom is -0.390 e. The summed E-state index contributed by atoms with van der Waals surface area (Å²) in [4.78, 5) is 42.2. The molecule has 9 heteroatoms. The van der Waals surface area contributed by atoms with Crippen LogP contribution in [0.2, 0.25) is 0 Å². The number of aliphatic hydroxyl groups is 1. The van der Waals surface area contributed by atoms with Crippen molar-refractivity contribution >= 4 is 29.1 Å². The number of aromatic nitrogens is 1. The van der Waals surface area contributed by atoms with E-state index in [0.29, 0.717) is 19.4 Å². The number of hydrogen-bond donors (Lipinski definition) is 4. The van der Waals surface area contributed by atoms with Gasteiger partial charge in [0.25, 0.3) is 0 Å². The van der Waals surface area contributed by atoms with E-state index < -0.39 is 24.1 Å². The monoisotopic (exact) mass is 494 g/mol. The molecule has 0 aliphatic carbocycles. The summed E-state index contributed by atoms with van der Waals surface area (Å²) in [5.74, 6) is -0.820. The smallest absolute Gasteiger partial charge is 0.242 e. The third-order valence-electron chi connectivity index (χ3n) is 6.26. The van der Waals surface area contributed by atoms with Gasteiger partial charge in [-0.25, -0.2) is 4.98 Å². The Morgan fingerprint density at radius 3 is 2.24 bits per heavy atom. The third-order valence-corrected chi connectivity index (χ3v) is 6.90. The fraction of sp³-hybridized carbons (Fsp3) is 0.760. The lowest BCUT2D eigenvalue weighted by Crippen LogP contribution is -2.52. The van der Waals surface area contributed by atoms with Crippen molar-refractivity contribution in [3.8, 4) is 0 Å². The molecule has 2 heterocycles. The number of amides is 3. The van der Waals surface area contributed by atoms with Gasteiger partial charge in [0.2, 0.25) is 17.7 Å². The molecule has 8 nitrogen and oxygen atoms in total. The summed E-state index contributed by atoms with van der Waals surface area (Å²) in [6.07, 6.45) is 9.12. The van der Waals surface area contributed by atoms with Crippen molar-refractivity contribution in [2.24, 2.45) is 5.92 Å². The largest absolute Gasteiger partial charge is 0.390 e. The number of nitrogens with one attached hydrogen (secondary N) is 3. The van der Waals surface area contributed by atoms with Gasteiger partial charge in [0.15, 0.2) is 0 Å². The van der Waals surface area contributed by atoms with Crippen molar-refractivity contribution in [2.75, 3.05) is 6.54 Å². The van der Waals surface area contributed by atoms with E-state index in [0.717, 1.165) is 44.2 Å². The van der Waals surface area contributed by atoms with Crippen molar-refractivity contribution in [3.05, 3.63) is 16.6 Å². The number of rotatable bonds is 3. The molecule has 0 bridgehead atoms. The lowest BCUT2D eigenvalue weighted by atomic mass is 10.00. The number of carbonyl (C=O) groups is 3. The summed E-state index contributed by atoms with van der Waals surface area (Å²) < 4.78 is 0. The van der Waals surface area contributed by atoms with Gasteiger partial charge in [0.05, 0.1) is 29.8 Å². The highest BCUT2D eigenvalue weighted by atomic mass is 32.1. The van der Waals surface area contributed by atoms with Crippen LogP contribution in [0, 0.1) is 5.92 Å². The molecule has 0 unspecified atom stereocenters. The zero-order chi connectivity index (χ0) is 24.8. The molecule has 0 saturated carbocycles. The Morgan fingerprint density at radius 1 is 0.971 bits per heavy atom. The van der Waals surface area contributed by atoms with Gasteiger partial charge in [-0.3, -0.25) is 14.4 Å². The lowest BCUT2D eigenvalue weighted by molar-refractivity contribution is -0.131.